The Labute approximate surface area is 116 Å². The first kappa shape index (κ1) is 16.6. The number of rotatable bonds is 6. The van der Waals surface area contributed by atoms with E-state index in [1.54, 1.807) is 6.92 Å². The van der Waals surface area contributed by atoms with Crippen LogP contribution in [0.2, 0.25) is 0 Å². The van der Waals surface area contributed by atoms with Crippen molar-refractivity contribution in [1.82, 2.24) is 15.2 Å². The summed E-state index contributed by atoms with van der Waals surface area (Å²) in [6.07, 6.45) is -5.19. The number of hydrazone groups is 1. The summed E-state index contributed by atoms with van der Waals surface area (Å²) in [5.74, 6) is -0.956. The SMILES string of the molecule is Cc1cc([N+](=O)[O-])nn1CCC(=O)N/N=C\CC(F)(F)F. The molecule has 0 saturated carbocycles. The normalized spacial score (nSPS) is 11.8. The second-order valence-electron chi connectivity index (χ2n) is 4.04. The Hall–Kier alpha value is -2.46. The molecule has 116 valence electrons. The van der Waals surface area contributed by atoms with Crippen LogP contribution in [0.5, 0.6) is 0 Å². The fourth-order valence-corrected chi connectivity index (χ4v) is 1.34. The maximum atomic E-state index is 11.8. The number of hydrogen-bond acceptors (Lipinski definition) is 5. The molecule has 8 nitrogen and oxygen atoms in total. The van der Waals surface area contributed by atoms with Crippen molar-refractivity contribution in [1.29, 1.82) is 0 Å². The molecule has 0 atom stereocenters. The number of carbonyl (C=O) groups excluding carboxylic acids is 1. The van der Waals surface area contributed by atoms with Crippen molar-refractivity contribution in [3.63, 3.8) is 0 Å². The fourth-order valence-electron chi connectivity index (χ4n) is 1.34. The number of aromatic nitrogens is 2. The number of amides is 1. The second kappa shape index (κ2) is 6.81. The van der Waals surface area contributed by atoms with Crippen molar-refractivity contribution in [3.8, 4) is 0 Å². The van der Waals surface area contributed by atoms with E-state index in [2.05, 4.69) is 10.2 Å². The van der Waals surface area contributed by atoms with E-state index in [4.69, 9.17) is 0 Å². The number of nitrogens with one attached hydrogen (secondary N) is 1. The lowest BCUT2D eigenvalue weighted by atomic mass is 10.4. The smallest absolute Gasteiger partial charge is 0.358 e. The van der Waals surface area contributed by atoms with Crippen molar-refractivity contribution in [3.05, 3.63) is 21.9 Å². The molecule has 1 heterocycles. The predicted molar refractivity (Wildman–Crippen MR) is 65.5 cm³/mol. The van der Waals surface area contributed by atoms with Gasteiger partial charge < -0.3 is 10.1 Å². The summed E-state index contributed by atoms with van der Waals surface area (Å²) >= 11 is 0. The van der Waals surface area contributed by atoms with Crippen molar-refractivity contribution in [2.45, 2.75) is 32.5 Å². The molecule has 0 aromatic carbocycles. The average Bonchev–Trinajstić information content (AvgIpc) is 2.73. The number of nitrogens with zero attached hydrogens (tertiary/aromatic N) is 4. The Morgan fingerprint density at radius 1 is 1.62 bits per heavy atom. The van der Waals surface area contributed by atoms with E-state index in [0.717, 1.165) is 0 Å². The molecule has 1 rings (SSSR count). The molecular weight excluding hydrogens is 295 g/mol. The van der Waals surface area contributed by atoms with Crippen LogP contribution in [0.4, 0.5) is 19.0 Å². The number of halogens is 3. The van der Waals surface area contributed by atoms with Crippen LogP contribution in [0.3, 0.4) is 0 Å². The zero-order valence-electron chi connectivity index (χ0n) is 10.9. The van der Waals surface area contributed by atoms with E-state index in [1.807, 2.05) is 5.43 Å². The summed E-state index contributed by atoms with van der Waals surface area (Å²) in [6.45, 7) is 1.64. The first-order valence-corrected chi connectivity index (χ1v) is 5.75. The van der Waals surface area contributed by atoms with Gasteiger partial charge >= 0.3 is 12.0 Å². The van der Waals surface area contributed by atoms with Crippen molar-refractivity contribution in [2.24, 2.45) is 5.10 Å². The molecule has 1 N–H and O–H groups in total. The van der Waals surface area contributed by atoms with Crippen LogP contribution >= 0.6 is 0 Å². The molecule has 0 aliphatic carbocycles. The Bertz CT molecular complexity index is 553. The molecule has 1 aromatic heterocycles. The van der Waals surface area contributed by atoms with E-state index < -0.39 is 23.4 Å². The van der Waals surface area contributed by atoms with Gasteiger partial charge in [0.15, 0.2) is 0 Å². The maximum Gasteiger partial charge on any atom is 0.394 e. The molecule has 0 bridgehead atoms. The van der Waals surface area contributed by atoms with E-state index in [0.29, 0.717) is 11.9 Å². The van der Waals surface area contributed by atoms with Gasteiger partial charge in [-0.3, -0.25) is 4.79 Å². The van der Waals surface area contributed by atoms with E-state index in [1.165, 1.54) is 10.7 Å². The van der Waals surface area contributed by atoms with Crippen LogP contribution < -0.4 is 5.43 Å². The zero-order chi connectivity index (χ0) is 16.0. The minimum atomic E-state index is -4.38. The summed E-state index contributed by atoms with van der Waals surface area (Å²) in [4.78, 5) is 21.1. The minimum absolute atomic E-state index is 0.0559. The number of aryl methyl sites for hydroxylation is 2. The van der Waals surface area contributed by atoms with Crippen LogP contribution in [-0.2, 0) is 11.3 Å². The maximum absolute atomic E-state index is 11.8. The first-order chi connectivity index (χ1) is 9.69. The standard InChI is InChI=1S/C10H12F3N5O3/c1-7-6-8(18(20)21)16-17(7)5-2-9(19)15-14-4-3-10(11,12)13/h4,6H,2-3,5H2,1H3,(H,15,19)/b14-4-. The Balaban J connectivity index is 2.41. The molecule has 0 fully saturated rings. The molecule has 0 aliphatic heterocycles. The van der Waals surface area contributed by atoms with Crippen molar-refractivity contribution in [2.75, 3.05) is 0 Å². The second-order valence-corrected chi connectivity index (χ2v) is 4.04. The van der Waals surface area contributed by atoms with Gasteiger partial charge in [0.2, 0.25) is 5.91 Å². The van der Waals surface area contributed by atoms with Crippen LogP contribution in [0.1, 0.15) is 18.5 Å². The molecule has 21 heavy (non-hydrogen) atoms. The highest BCUT2D eigenvalue weighted by molar-refractivity contribution is 5.76. The fraction of sp³-hybridized carbons (Fsp3) is 0.500. The van der Waals surface area contributed by atoms with Crippen molar-refractivity contribution < 1.29 is 22.9 Å². The third kappa shape index (κ3) is 6.01. The number of hydrogen-bond donors (Lipinski definition) is 1. The van der Waals surface area contributed by atoms with Crippen LogP contribution in [-0.4, -0.2) is 33.0 Å². The lowest BCUT2D eigenvalue weighted by Gasteiger charge is -2.01. The number of nitro groups is 1. The van der Waals surface area contributed by atoms with Crippen molar-refractivity contribution >= 4 is 17.9 Å². The molecule has 0 aliphatic rings. The Kier molecular flexibility index (Phi) is 5.38. The highest BCUT2D eigenvalue weighted by Gasteiger charge is 2.25. The molecule has 1 amide bonds. The number of alkyl halides is 3. The quantitative estimate of drug-likeness (QED) is 0.489. The number of carbonyl (C=O) groups is 1. The molecule has 1 aromatic rings. The lowest BCUT2D eigenvalue weighted by molar-refractivity contribution is -0.389. The first-order valence-electron chi connectivity index (χ1n) is 5.75. The summed E-state index contributed by atoms with van der Waals surface area (Å²) in [5.41, 5.74) is 2.43. The van der Waals surface area contributed by atoms with Gasteiger partial charge in [0.05, 0.1) is 29.8 Å². The van der Waals surface area contributed by atoms with Crippen LogP contribution in [0.25, 0.3) is 0 Å². The third-order valence-electron chi connectivity index (χ3n) is 2.31. The molecular formula is C10H12F3N5O3. The van der Waals surface area contributed by atoms with Gasteiger partial charge in [-0.15, -0.1) is 0 Å². The summed E-state index contributed by atoms with van der Waals surface area (Å²) in [5, 5.41) is 17.3. The van der Waals surface area contributed by atoms with E-state index in [-0.39, 0.29) is 18.8 Å². The van der Waals surface area contributed by atoms with Gasteiger partial charge in [-0.2, -0.15) is 23.0 Å². The highest BCUT2D eigenvalue weighted by atomic mass is 19.4. The van der Waals surface area contributed by atoms with Gasteiger partial charge in [0.25, 0.3) is 0 Å². The van der Waals surface area contributed by atoms with Gasteiger partial charge in [0, 0.05) is 12.6 Å². The molecule has 0 unspecified atom stereocenters. The monoisotopic (exact) mass is 307 g/mol. The largest absolute Gasteiger partial charge is 0.394 e. The van der Waals surface area contributed by atoms with Gasteiger partial charge in [-0.05, 0) is 11.8 Å². The molecule has 0 spiro atoms. The topological polar surface area (TPSA) is 102 Å². The lowest BCUT2D eigenvalue weighted by Crippen LogP contribution is -2.20. The van der Waals surface area contributed by atoms with Gasteiger partial charge in [-0.1, -0.05) is 0 Å². The Morgan fingerprint density at radius 3 is 2.81 bits per heavy atom. The van der Waals surface area contributed by atoms with Gasteiger partial charge in [-0.25, -0.2) is 5.43 Å². The zero-order valence-corrected chi connectivity index (χ0v) is 10.9. The molecule has 0 saturated heterocycles. The van der Waals surface area contributed by atoms with E-state index in [9.17, 15) is 28.1 Å². The predicted octanol–water partition coefficient (Wildman–Crippen LogP) is 1.54. The molecule has 11 heteroatoms. The minimum Gasteiger partial charge on any atom is -0.358 e. The summed E-state index contributed by atoms with van der Waals surface area (Å²) in [6, 6.07) is 1.25. The average molecular weight is 307 g/mol. The molecule has 0 radical (unpaired) electrons. The highest BCUT2D eigenvalue weighted by Crippen LogP contribution is 2.17. The van der Waals surface area contributed by atoms with E-state index >= 15 is 0 Å². The van der Waals surface area contributed by atoms with Gasteiger partial charge in [0.1, 0.15) is 0 Å². The third-order valence-corrected chi connectivity index (χ3v) is 2.31. The van der Waals surface area contributed by atoms with Crippen LogP contribution in [0, 0.1) is 17.0 Å². The summed E-state index contributed by atoms with van der Waals surface area (Å²) in [7, 11) is 0. The Morgan fingerprint density at radius 2 is 2.29 bits per heavy atom. The van der Waals surface area contributed by atoms with Crippen LogP contribution in [0.15, 0.2) is 11.2 Å². The summed E-state index contributed by atoms with van der Waals surface area (Å²) < 4.78 is 36.6.